The maximum absolute atomic E-state index is 12.2. The molecule has 2 aromatic heterocycles. The Bertz CT molecular complexity index is 560. The zero-order valence-corrected chi connectivity index (χ0v) is 11.4. The number of nitrogens with one attached hydrogen (secondary N) is 1. The third kappa shape index (κ3) is 2.52. The second-order valence-corrected chi connectivity index (χ2v) is 5.67. The van der Waals surface area contributed by atoms with Gasteiger partial charge in [-0.25, -0.2) is 4.68 Å². The minimum absolute atomic E-state index is 0.0908. The average Bonchev–Trinajstić information content (AvgIpc) is 2.97. The number of hydrogen-bond donors (Lipinski definition) is 1. The first-order valence-electron chi connectivity index (χ1n) is 6.14. The number of thiophene rings is 1. The highest BCUT2D eigenvalue weighted by Crippen LogP contribution is 2.14. The van der Waals surface area contributed by atoms with Crippen LogP contribution in [0.2, 0.25) is 0 Å². The maximum Gasteiger partial charge on any atom is 0.276 e. The standard InChI is InChI=1S/C12H15N5OS/c1-16(7-10-3-2-4-19-10)12(18)11-8-17(15-14-11)9-5-13-6-9/h2-4,8-9,13H,5-7H2,1H3. The van der Waals surface area contributed by atoms with E-state index in [0.29, 0.717) is 18.3 Å². The van der Waals surface area contributed by atoms with Crippen LogP contribution in [0.3, 0.4) is 0 Å². The van der Waals surface area contributed by atoms with Crippen molar-refractivity contribution in [2.75, 3.05) is 20.1 Å². The smallest absolute Gasteiger partial charge is 0.276 e. The van der Waals surface area contributed by atoms with E-state index in [4.69, 9.17) is 0 Å². The molecule has 0 atom stereocenters. The van der Waals surface area contributed by atoms with Crippen LogP contribution in [-0.2, 0) is 6.54 Å². The molecule has 3 rings (SSSR count). The van der Waals surface area contributed by atoms with Crippen LogP contribution in [-0.4, -0.2) is 45.9 Å². The van der Waals surface area contributed by atoms with Crippen LogP contribution >= 0.6 is 11.3 Å². The number of amides is 1. The Hall–Kier alpha value is -1.73. The van der Waals surface area contributed by atoms with Gasteiger partial charge in [0, 0.05) is 25.0 Å². The lowest BCUT2D eigenvalue weighted by Gasteiger charge is -2.26. The van der Waals surface area contributed by atoms with Crippen LogP contribution < -0.4 is 5.32 Å². The van der Waals surface area contributed by atoms with E-state index < -0.39 is 0 Å². The number of rotatable bonds is 4. The molecular formula is C12H15N5OS. The SMILES string of the molecule is CN(Cc1cccs1)C(=O)c1cn(C2CNC2)nn1. The Morgan fingerprint density at radius 1 is 1.63 bits per heavy atom. The Kier molecular flexibility index (Phi) is 3.31. The predicted molar refractivity (Wildman–Crippen MR) is 72.0 cm³/mol. The minimum Gasteiger partial charge on any atom is -0.335 e. The Labute approximate surface area is 115 Å². The Morgan fingerprint density at radius 3 is 3.11 bits per heavy atom. The first-order chi connectivity index (χ1) is 9.24. The molecule has 1 aliphatic heterocycles. The van der Waals surface area contributed by atoms with Gasteiger partial charge in [-0.2, -0.15) is 0 Å². The molecule has 0 unspecified atom stereocenters. The fourth-order valence-corrected chi connectivity index (χ4v) is 2.67. The van der Waals surface area contributed by atoms with Crippen molar-refractivity contribution in [3.8, 4) is 0 Å². The van der Waals surface area contributed by atoms with Gasteiger partial charge in [0.25, 0.3) is 5.91 Å². The summed E-state index contributed by atoms with van der Waals surface area (Å²) in [6.45, 7) is 2.39. The summed E-state index contributed by atoms with van der Waals surface area (Å²) >= 11 is 1.64. The molecule has 0 bridgehead atoms. The van der Waals surface area contributed by atoms with Gasteiger partial charge in [0.05, 0.1) is 18.8 Å². The van der Waals surface area contributed by atoms with E-state index in [0.717, 1.165) is 18.0 Å². The minimum atomic E-state index is -0.0908. The van der Waals surface area contributed by atoms with Crippen molar-refractivity contribution < 1.29 is 4.79 Å². The molecule has 0 saturated carbocycles. The number of hydrogen-bond acceptors (Lipinski definition) is 5. The third-order valence-electron chi connectivity index (χ3n) is 3.18. The highest BCUT2D eigenvalue weighted by Gasteiger charge is 2.22. The molecule has 6 nitrogen and oxygen atoms in total. The van der Waals surface area contributed by atoms with Gasteiger partial charge in [-0.3, -0.25) is 4.79 Å². The second-order valence-electron chi connectivity index (χ2n) is 4.64. The summed E-state index contributed by atoms with van der Waals surface area (Å²) in [5.41, 5.74) is 0.408. The van der Waals surface area contributed by atoms with E-state index >= 15 is 0 Å². The fourth-order valence-electron chi connectivity index (χ4n) is 1.92. The van der Waals surface area contributed by atoms with Crippen molar-refractivity contribution in [3.05, 3.63) is 34.3 Å². The normalized spacial score (nSPS) is 15.2. The molecule has 0 aliphatic carbocycles. The molecular weight excluding hydrogens is 262 g/mol. The van der Waals surface area contributed by atoms with Gasteiger partial charge in [0.1, 0.15) is 0 Å². The van der Waals surface area contributed by atoms with E-state index in [1.807, 2.05) is 17.5 Å². The molecule has 7 heteroatoms. The summed E-state index contributed by atoms with van der Waals surface area (Å²) in [4.78, 5) is 15.0. The summed E-state index contributed by atoms with van der Waals surface area (Å²) in [6.07, 6.45) is 1.73. The summed E-state index contributed by atoms with van der Waals surface area (Å²) in [7, 11) is 1.78. The van der Waals surface area contributed by atoms with Gasteiger partial charge in [0.2, 0.25) is 0 Å². The number of nitrogens with zero attached hydrogens (tertiary/aromatic N) is 4. The zero-order chi connectivity index (χ0) is 13.2. The molecule has 1 amide bonds. The van der Waals surface area contributed by atoms with E-state index in [2.05, 4.69) is 15.6 Å². The number of aromatic nitrogens is 3. The fraction of sp³-hybridized carbons (Fsp3) is 0.417. The van der Waals surface area contributed by atoms with Crippen LogP contribution in [0.5, 0.6) is 0 Å². The van der Waals surface area contributed by atoms with E-state index in [1.165, 1.54) is 0 Å². The molecule has 0 radical (unpaired) electrons. The average molecular weight is 277 g/mol. The Balaban J connectivity index is 1.67. The molecule has 0 aromatic carbocycles. The highest BCUT2D eigenvalue weighted by atomic mass is 32.1. The van der Waals surface area contributed by atoms with Gasteiger partial charge in [-0.1, -0.05) is 11.3 Å². The van der Waals surface area contributed by atoms with E-state index in [1.54, 1.807) is 34.2 Å². The highest BCUT2D eigenvalue weighted by molar-refractivity contribution is 7.09. The van der Waals surface area contributed by atoms with Crippen molar-refractivity contribution in [3.63, 3.8) is 0 Å². The lowest BCUT2D eigenvalue weighted by molar-refractivity contribution is 0.0780. The topological polar surface area (TPSA) is 63.1 Å². The van der Waals surface area contributed by atoms with Gasteiger partial charge in [0.15, 0.2) is 5.69 Å². The van der Waals surface area contributed by atoms with Crippen molar-refractivity contribution in [1.82, 2.24) is 25.2 Å². The molecule has 1 saturated heterocycles. The molecule has 100 valence electrons. The molecule has 2 aromatic rings. The van der Waals surface area contributed by atoms with Crippen LogP contribution in [0.4, 0.5) is 0 Å². The Morgan fingerprint density at radius 2 is 2.47 bits per heavy atom. The van der Waals surface area contributed by atoms with Crippen molar-refractivity contribution >= 4 is 17.2 Å². The lowest BCUT2D eigenvalue weighted by Crippen LogP contribution is -2.43. The first kappa shape index (κ1) is 12.3. The summed E-state index contributed by atoms with van der Waals surface area (Å²) in [5, 5.41) is 13.2. The molecule has 0 spiro atoms. The number of carbonyl (C=O) groups is 1. The summed E-state index contributed by atoms with van der Waals surface area (Å²) < 4.78 is 1.77. The third-order valence-corrected chi connectivity index (χ3v) is 4.04. The lowest BCUT2D eigenvalue weighted by atomic mass is 10.2. The molecule has 1 fully saturated rings. The summed E-state index contributed by atoms with van der Waals surface area (Å²) in [5.74, 6) is -0.0908. The zero-order valence-electron chi connectivity index (χ0n) is 10.6. The molecule has 19 heavy (non-hydrogen) atoms. The van der Waals surface area contributed by atoms with Gasteiger partial charge in [-0.15, -0.1) is 16.4 Å². The second kappa shape index (κ2) is 5.10. The van der Waals surface area contributed by atoms with Crippen LogP contribution in [0.1, 0.15) is 21.4 Å². The van der Waals surface area contributed by atoms with Gasteiger partial charge < -0.3 is 10.2 Å². The van der Waals surface area contributed by atoms with E-state index in [-0.39, 0.29) is 5.91 Å². The monoisotopic (exact) mass is 277 g/mol. The first-order valence-corrected chi connectivity index (χ1v) is 7.02. The molecule has 1 N–H and O–H groups in total. The van der Waals surface area contributed by atoms with Crippen molar-refractivity contribution in [1.29, 1.82) is 0 Å². The number of carbonyl (C=O) groups excluding carboxylic acids is 1. The predicted octanol–water partition coefficient (Wildman–Crippen LogP) is 0.756. The molecule has 1 aliphatic rings. The largest absolute Gasteiger partial charge is 0.335 e. The van der Waals surface area contributed by atoms with E-state index in [9.17, 15) is 4.79 Å². The van der Waals surface area contributed by atoms with Crippen molar-refractivity contribution in [2.24, 2.45) is 0 Å². The van der Waals surface area contributed by atoms with Gasteiger partial charge in [-0.05, 0) is 11.4 Å². The van der Waals surface area contributed by atoms with Crippen LogP contribution in [0.15, 0.2) is 23.7 Å². The van der Waals surface area contributed by atoms with Crippen LogP contribution in [0, 0.1) is 0 Å². The summed E-state index contributed by atoms with van der Waals surface area (Å²) in [6, 6.07) is 4.33. The maximum atomic E-state index is 12.2. The van der Waals surface area contributed by atoms with Gasteiger partial charge >= 0.3 is 0 Å². The van der Waals surface area contributed by atoms with Crippen LogP contribution in [0.25, 0.3) is 0 Å². The van der Waals surface area contributed by atoms with Crippen molar-refractivity contribution in [2.45, 2.75) is 12.6 Å². The quantitative estimate of drug-likeness (QED) is 0.896. The molecule has 3 heterocycles.